The fourth-order valence-corrected chi connectivity index (χ4v) is 6.09. The summed E-state index contributed by atoms with van der Waals surface area (Å²) < 4.78 is 43.9. The van der Waals surface area contributed by atoms with E-state index in [0.717, 1.165) is 0 Å². The maximum Gasteiger partial charge on any atom is 0.338 e. The molecule has 7 atom stereocenters. The van der Waals surface area contributed by atoms with E-state index < -0.39 is 61.0 Å². The molecule has 2 heterocycles. The SMILES string of the molecule is O=C(OC([C@H]1O[C@@H](c2ccccc2)OC[C@H]1OC(=O)c1ccccc1)[C@@H]1O[C@H](c2ccccc2)OC[C@H]1OC(=O)c1ccccc1)c1ccccc1. The van der Waals surface area contributed by atoms with Crippen molar-refractivity contribution in [2.24, 2.45) is 0 Å². The van der Waals surface area contributed by atoms with E-state index in [9.17, 15) is 14.4 Å². The number of hydrogen-bond acceptors (Lipinski definition) is 10. The van der Waals surface area contributed by atoms with Crippen LogP contribution in [0.15, 0.2) is 152 Å². The molecular weight excluding hydrogens is 664 g/mol. The van der Waals surface area contributed by atoms with Gasteiger partial charge in [0.2, 0.25) is 0 Å². The molecule has 2 aliphatic rings. The van der Waals surface area contributed by atoms with Crippen LogP contribution in [0.4, 0.5) is 0 Å². The number of carbonyl (C=O) groups is 3. The molecule has 1 unspecified atom stereocenters. The summed E-state index contributed by atoms with van der Waals surface area (Å²) in [4.78, 5) is 40.9. The Hall–Kier alpha value is -5.65. The minimum absolute atomic E-state index is 0.109. The molecule has 0 amide bonds. The minimum atomic E-state index is -1.32. The van der Waals surface area contributed by atoms with Crippen LogP contribution < -0.4 is 0 Å². The molecule has 2 fully saturated rings. The number of hydrogen-bond donors (Lipinski definition) is 0. The second-order valence-electron chi connectivity index (χ2n) is 12.2. The van der Waals surface area contributed by atoms with Crippen molar-refractivity contribution in [3.63, 3.8) is 0 Å². The van der Waals surface area contributed by atoms with Crippen molar-refractivity contribution in [3.8, 4) is 0 Å². The van der Waals surface area contributed by atoms with Gasteiger partial charge in [-0.15, -0.1) is 0 Å². The van der Waals surface area contributed by atoms with Gasteiger partial charge in [-0.25, -0.2) is 14.4 Å². The third kappa shape index (κ3) is 8.28. The van der Waals surface area contributed by atoms with Gasteiger partial charge in [0.05, 0.1) is 29.9 Å². The van der Waals surface area contributed by atoms with Gasteiger partial charge in [0.25, 0.3) is 0 Å². The van der Waals surface area contributed by atoms with Crippen LogP contribution >= 0.6 is 0 Å². The highest BCUT2D eigenvalue weighted by atomic mass is 16.7. The third-order valence-corrected chi connectivity index (χ3v) is 8.70. The van der Waals surface area contributed by atoms with Crippen molar-refractivity contribution < 1.29 is 47.5 Å². The maximum atomic E-state index is 13.9. The lowest BCUT2D eigenvalue weighted by Crippen LogP contribution is -2.60. The highest BCUT2D eigenvalue weighted by Crippen LogP contribution is 2.37. The second-order valence-corrected chi connectivity index (χ2v) is 12.2. The highest BCUT2D eigenvalue weighted by molar-refractivity contribution is 5.90. The molecule has 2 aliphatic heterocycles. The van der Waals surface area contributed by atoms with Crippen LogP contribution in [0.3, 0.4) is 0 Å². The molecule has 10 heteroatoms. The number of carbonyl (C=O) groups excluding carboxylic acids is 3. The lowest BCUT2D eigenvalue weighted by atomic mass is 9.96. The normalized spacial score (nSPS) is 23.5. The summed E-state index contributed by atoms with van der Waals surface area (Å²) in [6.07, 6.45) is -7.69. The zero-order chi connectivity index (χ0) is 35.7. The monoisotopic (exact) mass is 700 g/mol. The van der Waals surface area contributed by atoms with E-state index in [1.165, 1.54) is 0 Å². The van der Waals surface area contributed by atoms with Gasteiger partial charge in [-0.1, -0.05) is 115 Å². The van der Waals surface area contributed by atoms with Crippen molar-refractivity contribution in [1.29, 1.82) is 0 Å². The molecule has 264 valence electrons. The van der Waals surface area contributed by atoms with Crippen LogP contribution in [-0.2, 0) is 33.2 Å². The highest BCUT2D eigenvalue weighted by Gasteiger charge is 2.51. The fraction of sp³-hybridized carbons (Fsp3) is 0.214. The zero-order valence-electron chi connectivity index (χ0n) is 28.0. The molecule has 52 heavy (non-hydrogen) atoms. The van der Waals surface area contributed by atoms with Gasteiger partial charge in [0.1, 0.15) is 12.2 Å². The summed E-state index contributed by atoms with van der Waals surface area (Å²) in [5, 5.41) is 0. The Balaban J connectivity index is 1.29. The van der Waals surface area contributed by atoms with E-state index in [-0.39, 0.29) is 18.8 Å². The maximum absolute atomic E-state index is 13.9. The van der Waals surface area contributed by atoms with Gasteiger partial charge < -0.3 is 33.2 Å². The topological polar surface area (TPSA) is 116 Å². The van der Waals surface area contributed by atoms with Crippen LogP contribution in [0, 0.1) is 0 Å². The average molecular weight is 701 g/mol. The van der Waals surface area contributed by atoms with Gasteiger partial charge in [-0.3, -0.25) is 0 Å². The summed E-state index contributed by atoms with van der Waals surface area (Å²) in [6.45, 7) is -0.218. The van der Waals surface area contributed by atoms with Crippen LogP contribution in [0.5, 0.6) is 0 Å². The quantitative estimate of drug-likeness (QED) is 0.113. The molecule has 0 radical (unpaired) electrons. The summed E-state index contributed by atoms with van der Waals surface area (Å²) in [5.74, 6) is -1.95. The first-order chi connectivity index (χ1) is 25.5. The van der Waals surface area contributed by atoms with Gasteiger partial charge in [0, 0.05) is 11.1 Å². The minimum Gasteiger partial charge on any atom is -0.453 e. The van der Waals surface area contributed by atoms with Crippen molar-refractivity contribution >= 4 is 17.9 Å². The Morgan fingerprint density at radius 2 is 0.788 bits per heavy atom. The molecule has 0 N–H and O–H groups in total. The van der Waals surface area contributed by atoms with Gasteiger partial charge in [-0.2, -0.15) is 0 Å². The van der Waals surface area contributed by atoms with E-state index in [1.807, 2.05) is 60.7 Å². The number of esters is 3. The predicted molar refractivity (Wildman–Crippen MR) is 187 cm³/mol. The Labute approximate surface area is 300 Å². The van der Waals surface area contributed by atoms with E-state index >= 15 is 0 Å². The largest absolute Gasteiger partial charge is 0.453 e. The Morgan fingerprint density at radius 3 is 1.15 bits per heavy atom. The first kappa shape index (κ1) is 34.8. The Morgan fingerprint density at radius 1 is 0.462 bits per heavy atom. The number of rotatable bonds is 10. The van der Waals surface area contributed by atoms with Crippen LogP contribution in [0.2, 0.25) is 0 Å². The van der Waals surface area contributed by atoms with Crippen molar-refractivity contribution in [2.75, 3.05) is 13.2 Å². The summed E-state index contributed by atoms with van der Waals surface area (Å²) >= 11 is 0. The summed E-state index contributed by atoms with van der Waals surface area (Å²) in [6, 6.07) is 43.9. The lowest BCUT2D eigenvalue weighted by Gasteiger charge is -2.45. The summed E-state index contributed by atoms with van der Waals surface area (Å²) in [7, 11) is 0. The van der Waals surface area contributed by atoms with E-state index in [2.05, 4.69) is 0 Å². The number of benzene rings is 5. The Bertz CT molecular complexity index is 1790. The van der Waals surface area contributed by atoms with E-state index in [0.29, 0.717) is 22.3 Å². The molecule has 2 saturated heterocycles. The molecule has 0 bridgehead atoms. The molecule has 0 saturated carbocycles. The molecular formula is C42H36O10. The van der Waals surface area contributed by atoms with E-state index in [4.69, 9.17) is 33.2 Å². The smallest absolute Gasteiger partial charge is 0.338 e. The van der Waals surface area contributed by atoms with Gasteiger partial charge in [0.15, 0.2) is 30.9 Å². The predicted octanol–water partition coefficient (Wildman–Crippen LogP) is 6.89. The van der Waals surface area contributed by atoms with Gasteiger partial charge in [-0.05, 0) is 36.4 Å². The molecule has 5 aromatic rings. The molecule has 0 aliphatic carbocycles. The van der Waals surface area contributed by atoms with Gasteiger partial charge >= 0.3 is 17.9 Å². The molecule has 5 aromatic carbocycles. The standard InChI is InChI=1S/C42H36O10/c43-38(28-16-6-1-7-17-28)48-33-26-46-41(31-22-12-4-13-23-31)51-35(33)37(50-40(45)30-20-10-3-11-21-30)36-34(49-39(44)29-18-8-2-9-19-29)27-47-42(52-36)32-24-14-5-15-25-32/h1-25,33-37,41-42H,26-27H2/t33-,34-,35-,36+,37?,41-,42+/m1/s1. The summed E-state index contributed by atoms with van der Waals surface area (Å²) in [5.41, 5.74) is 2.27. The third-order valence-electron chi connectivity index (χ3n) is 8.70. The Kier molecular flexibility index (Phi) is 11.1. The molecule has 10 nitrogen and oxygen atoms in total. The first-order valence-corrected chi connectivity index (χ1v) is 17.0. The second kappa shape index (κ2) is 16.6. The van der Waals surface area contributed by atoms with Crippen LogP contribution in [-0.4, -0.2) is 61.6 Å². The number of ether oxygens (including phenoxy) is 7. The van der Waals surface area contributed by atoms with Crippen LogP contribution in [0.1, 0.15) is 54.8 Å². The lowest BCUT2D eigenvalue weighted by molar-refractivity contribution is -0.317. The van der Waals surface area contributed by atoms with Crippen LogP contribution in [0.25, 0.3) is 0 Å². The molecule has 0 aromatic heterocycles. The van der Waals surface area contributed by atoms with Crippen molar-refractivity contribution in [2.45, 2.75) is 43.1 Å². The molecule has 7 rings (SSSR count). The first-order valence-electron chi connectivity index (χ1n) is 17.0. The van der Waals surface area contributed by atoms with Crippen molar-refractivity contribution in [3.05, 3.63) is 179 Å². The molecule has 0 spiro atoms. The fourth-order valence-electron chi connectivity index (χ4n) is 6.09. The zero-order valence-corrected chi connectivity index (χ0v) is 28.0. The van der Waals surface area contributed by atoms with E-state index in [1.54, 1.807) is 91.0 Å². The average Bonchev–Trinajstić information content (AvgIpc) is 3.22. The van der Waals surface area contributed by atoms with Crippen molar-refractivity contribution in [1.82, 2.24) is 0 Å².